The minimum Gasteiger partial charge on any atom is -0.393 e. The molecule has 4 rings (SSSR count). The van der Waals surface area contributed by atoms with E-state index >= 15 is 0 Å². The molecule has 0 bridgehead atoms. The Bertz CT molecular complexity index is 1090. The Labute approximate surface area is 180 Å². The van der Waals surface area contributed by atoms with Crippen LogP contribution in [-0.2, 0) is 4.79 Å². The first kappa shape index (κ1) is 20.8. The van der Waals surface area contributed by atoms with Crippen LogP contribution in [0.2, 0.25) is 0 Å². The number of nitrogens with one attached hydrogen (secondary N) is 3. The van der Waals surface area contributed by atoms with Crippen LogP contribution in [0.25, 0.3) is 10.9 Å². The van der Waals surface area contributed by atoms with Gasteiger partial charge in [-0.3, -0.25) is 9.59 Å². The van der Waals surface area contributed by atoms with Gasteiger partial charge < -0.3 is 21.1 Å². The maximum atomic E-state index is 13.1. The van der Waals surface area contributed by atoms with Crippen LogP contribution < -0.4 is 16.0 Å². The van der Waals surface area contributed by atoms with Crippen LogP contribution >= 0.6 is 0 Å². The molecule has 4 N–H and O–H groups in total. The van der Waals surface area contributed by atoms with E-state index < -0.39 is 0 Å². The first-order valence-corrected chi connectivity index (χ1v) is 10.5. The predicted octanol–water partition coefficient (Wildman–Crippen LogP) is 4.16. The number of carbonyl (C=O) groups is 2. The number of amides is 2. The topological polar surface area (TPSA) is 103 Å². The molecule has 0 saturated heterocycles. The summed E-state index contributed by atoms with van der Waals surface area (Å²) in [5.41, 5.74) is 2.59. The van der Waals surface area contributed by atoms with Crippen molar-refractivity contribution >= 4 is 39.9 Å². The van der Waals surface area contributed by atoms with Crippen LogP contribution in [0.15, 0.2) is 54.6 Å². The summed E-state index contributed by atoms with van der Waals surface area (Å²) in [6.45, 7) is 1.45. The summed E-state index contributed by atoms with van der Waals surface area (Å²) in [5.74, 6) is 0.284. The van der Waals surface area contributed by atoms with Gasteiger partial charge in [-0.2, -0.15) is 0 Å². The first-order chi connectivity index (χ1) is 15.0. The molecule has 0 aliphatic heterocycles. The number of carbonyl (C=O) groups excluding carboxylic acids is 2. The monoisotopic (exact) mass is 418 g/mol. The summed E-state index contributed by atoms with van der Waals surface area (Å²) in [7, 11) is 0. The van der Waals surface area contributed by atoms with Gasteiger partial charge in [0, 0.05) is 29.7 Å². The van der Waals surface area contributed by atoms with E-state index in [1.165, 1.54) is 6.92 Å². The molecule has 1 heterocycles. The van der Waals surface area contributed by atoms with E-state index in [1.807, 2.05) is 24.3 Å². The van der Waals surface area contributed by atoms with Gasteiger partial charge in [0.15, 0.2) is 0 Å². The molecule has 0 radical (unpaired) electrons. The third kappa shape index (κ3) is 5.19. The van der Waals surface area contributed by atoms with Crippen LogP contribution in [0.1, 0.15) is 43.0 Å². The molecule has 1 fully saturated rings. The van der Waals surface area contributed by atoms with E-state index in [1.54, 1.807) is 30.3 Å². The zero-order valence-corrected chi connectivity index (χ0v) is 17.4. The van der Waals surface area contributed by atoms with Crippen LogP contribution in [0, 0.1) is 0 Å². The van der Waals surface area contributed by atoms with Crippen molar-refractivity contribution < 1.29 is 14.7 Å². The highest BCUT2D eigenvalue weighted by Gasteiger charge is 2.20. The lowest BCUT2D eigenvalue weighted by atomic mass is 9.93. The van der Waals surface area contributed by atoms with Crippen LogP contribution in [0.3, 0.4) is 0 Å². The number of para-hydroxylation sites is 1. The molecule has 0 spiro atoms. The van der Waals surface area contributed by atoms with Gasteiger partial charge in [0.1, 0.15) is 5.82 Å². The highest BCUT2D eigenvalue weighted by molar-refractivity contribution is 6.13. The van der Waals surface area contributed by atoms with Gasteiger partial charge in [-0.15, -0.1) is 0 Å². The Hall–Kier alpha value is -3.45. The second-order valence-corrected chi connectivity index (χ2v) is 7.93. The van der Waals surface area contributed by atoms with Gasteiger partial charge in [0.25, 0.3) is 5.91 Å². The van der Waals surface area contributed by atoms with Gasteiger partial charge in [-0.05, 0) is 62.1 Å². The molecular weight excluding hydrogens is 392 g/mol. The number of aliphatic hydroxyl groups excluding tert-OH is 1. The maximum absolute atomic E-state index is 13.1. The van der Waals surface area contributed by atoms with Gasteiger partial charge in [0.2, 0.25) is 5.91 Å². The Balaban J connectivity index is 1.56. The Morgan fingerprint density at radius 3 is 2.26 bits per heavy atom. The summed E-state index contributed by atoms with van der Waals surface area (Å²) in [5, 5.41) is 19.6. The summed E-state index contributed by atoms with van der Waals surface area (Å²) in [6.07, 6.45) is 3.07. The number of aliphatic hydroxyl groups is 1. The largest absolute Gasteiger partial charge is 0.393 e. The predicted molar refractivity (Wildman–Crippen MR) is 122 cm³/mol. The molecule has 160 valence electrons. The number of hydrogen-bond donors (Lipinski definition) is 4. The van der Waals surface area contributed by atoms with Gasteiger partial charge in [0.05, 0.1) is 17.2 Å². The zero-order valence-electron chi connectivity index (χ0n) is 17.4. The Morgan fingerprint density at radius 2 is 1.58 bits per heavy atom. The van der Waals surface area contributed by atoms with E-state index in [9.17, 15) is 14.7 Å². The summed E-state index contributed by atoms with van der Waals surface area (Å²) in [4.78, 5) is 29.0. The number of pyridine rings is 1. The van der Waals surface area contributed by atoms with Crippen molar-refractivity contribution in [1.82, 2.24) is 4.98 Å². The van der Waals surface area contributed by atoms with Crippen molar-refractivity contribution in [2.45, 2.75) is 44.8 Å². The Kier molecular flexibility index (Phi) is 6.13. The third-order valence-corrected chi connectivity index (χ3v) is 5.47. The molecule has 1 aliphatic carbocycles. The Morgan fingerprint density at radius 1 is 0.935 bits per heavy atom. The third-order valence-electron chi connectivity index (χ3n) is 5.47. The van der Waals surface area contributed by atoms with Crippen LogP contribution in [-0.4, -0.2) is 34.1 Å². The van der Waals surface area contributed by atoms with Crippen molar-refractivity contribution in [3.8, 4) is 0 Å². The molecule has 2 amide bonds. The lowest BCUT2D eigenvalue weighted by Crippen LogP contribution is -2.28. The van der Waals surface area contributed by atoms with Crippen molar-refractivity contribution in [3.05, 3.63) is 60.2 Å². The summed E-state index contributed by atoms with van der Waals surface area (Å²) >= 11 is 0. The number of aromatic nitrogens is 1. The quantitative estimate of drug-likeness (QED) is 0.498. The van der Waals surface area contributed by atoms with E-state index in [-0.39, 0.29) is 24.0 Å². The molecule has 7 nitrogen and oxygen atoms in total. The molecule has 1 aromatic heterocycles. The second kappa shape index (κ2) is 9.14. The number of rotatable bonds is 5. The number of nitrogens with zero attached hydrogens (tertiary/aromatic N) is 1. The summed E-state index contributed by atoms with van der Waals surface area (Å²) in [6, 6.07) is 16.6. The van der Waals surface area contributed by atoms with Crippen molar-refractivity contribution in [3.63, 3.8) is 0 Å². The smallest absolute Gasteiger partial charge is 0.256 e. The fourth-order valence-electron chi connectivity index (χ4n) is 3.91. The number of fused-ring (bicyclic) bond motifs is 1. The minimum absolute atomic E-state index is 0.146. The van der Waals surface area contributed by atoms with Crippen LogP contribution in [0.4, 0.5) is 17.2 Å². The highest BCUT2D eigenvalue weighted by atomic mass is 16.3. The van der Waals surface area contributed by atoms with Gasteiger partial charge in [-0.1, -0.05) is 18.2 Å². The van der Waals surface area contributed by atoms with E-state index in [4.69, 9.17) is 0 Å². The highest BCUT2D eigenvalue weighted by Crippen LogP contribution is 2.26. The number of benzene rings is 2. The van der Waals surface area contributed by atoms with Crippen molar-refractivity contribution in [2.75, 3.05) is 16.0 Å². The lowest BCUT2D eigenvalue weighted by molar-refractivity contribution is -0.114. The molecule has 0 atom stereocenters. The number of anilines is 3. The summed E-state index contributed by atoms with van der Waals surface area (Å²) < 4.78 is 0. The molecule has 3 aromatic rings. The van der Waals surface area contributed by atoms with Crippen molar-refractivity contribution in [2.24, 2.45) is 0 Å². The van der Waals surface area contributed by atoms with E-state index in [0.29, 0.717) is 22.8 Å². The molecule has 1 saturated carbocycles. The fraction of sp³-hybridized carbons (Fsp3) is 0.292. The second-order valence-electron chi connectivity index (χ2n) is 7.93. The van der Waals surface area contributed by atoms with Gasteiger partial charge >= 0.3 is 0 Å². The zero-order chi connectivity index (χ0) is 21.8. The standard InChI is InChI=1S/C24H26N4O3/c1-15(29)25-16-6-8-18(9-7-16)27-24(31)21-14-23(26-17-10-12-19(30)13-11-17)28-22-5-3-2-4-20(21)22/h2-9,14,17,19,30H,10-13H2,1H3,(H,25,29)(H,26,28)(H,27,31). The van der Waals surface area contributed by atoms with Crippen molar-refractivity contribution in [1.29, 1.82) is 0 Å². The molecule has 1 aliphatic rings. The lowest BCUT2D eigenvalue weighted by Gasteiger charge is -2.26. The average molecular weight is 418 g/mol. The average Bonchev–Trinajstić information content (AvgIpc) is 2.76. The van der Waals surface area contributed by atoms with Gasteiger partial charge in [-0.25, -0.2) is 4.98 Å². The number of hydrogen-bond acceptors (Lipinski definition) is 5. The SMILES string of the molecule is CC(=O)Nc1ccc(NC(=O)c2cc(NC3CCC(O)CC3)nc3ccccc23)cc1. The normalized spacial score (nSPS) is 18.4. The molecule has 31 heavy (non-hydrogen) atoms. The van der Waals surface area contributed by atoms with E-state index in [2.05, 4.69) is 20.9 Å². The molecule has 0 unspecified atom stereocenters. The molecular formula is C24H26N4O3. The van der Waals surface area contributed by atoms with E-state index in [0.717, 1.165) is 36.6 Å². The molecule has 2 aromatic carbocycles. The van der Waals surface area contributed by atoms with Crippen LogP contribution in [0.5, 0.6) is 0 Å². The first-order valence-electron chi connectivity index (χ1n) is 10.5. The fourth-order valence-corrected chi connectivity index (χ4v) is 3.91. The minimum atomic E-state index is -0.229. The maximum Gasteiger partial charge on any atom is 0.256 e. The molecule has 7 heteroatoms.